The molecule has 3 aliphatic heterocycles. The SMILES string of the molecule is C#Cc1c(F)ccc2cc(O)cc(-c3ncc4c(N5CCOCC(CC#N)C5)nc(OC[C@@]56CCCN5C[C@H](F)C6)nc4c3F)c12. The quantitative estimate of drug-likeness (QED) is 0.291. The Hall–Kier alpha value is -4.65. The van der Waals surface area contributed by atoms with E-state index in [2.05, 4.69) is 26.9 Å². The number of hydrogen-bond donors (Lipinski definition) is 1. The molecule has 0 bridgehead atoms. The molecule has 3 atom stereocenters. The number of anilines is 1. The van der Waals surface area contributed by atoms with Crippen LogP contribution in [0.15, 0.2) is 30.5 Å². The summed E-state index contributed by atoms with van der Waals surface area (Å²) < 4.78 is 58.0. The van der Waals surface area contributed by atoms with Gasteiger partial charge in [0.25, 0.3) is 0 Å². The molecule has 0 radical (unpaired) electrons. The van der Waals surface area contributed by atoms with Crippen LogP contribution in [0.5, 0.6) is 11.8 Å². The van der Waals surface area contributed by atoms with E-state index in [0.29, 0.717) is 55.9 Å². The Bertz CT molecular complexity index is 1930. The monoisotopic (exact) mass is 628 g/mol. The zero-order chi connectivity index (χ0) is 32.0. The summed E-state index contributed by atoms with van der Waals surface area (Å²) >= 11 is 0. The number of aromatic hydroxyl groups is 1. The lowest BCUT2D eigenvalue weighted by molar-refractivity contribution is 0.107. The van der Waals surface area contributed by atoms with Gasteiger partial charge in [0.2, 0.25) is 0 Å². The van der Waals surface area contributed by atoms with Gasteiger partial charge in [-0.15, -0.1) is 6.42 Å². The number of hydrogen-bond acceptors (Lipinski definition) is 9. The summed E-state index contributed by atoms with van der Waals surface area (Å²) in [4.78, 5) is 17.7. The molecular weight excluding hydrogens is 597 g/mol. The van der Waals surface area contributed by atoms with Crippen LogP contribution in [0.3, 0.4) is 0 Å². The number of fused-ring (bicyclic) bond motifs is 3. The number of alkyl halides is 1. The molecule has 9 nitrogen and oxygen atoms in total. The molecule has 2 aromatic heterocycles. The first kappa shape index (κ1) is 30.0. The molecule has 5 heterocycles. The lowest BCUT2D eigenvalue weighted by Crippen LogP contribution is -2.43. The van der Waals surface area contributed by atoms with Gasteiger partial charge in [0.05, 0.1) is 35.8 Å². The number of terminal acetylenes is 1. The molecule has 0 spiro atoms. The summed E-state index contributed by atoms with van der Waals surface area (Å²) in [6.07, 6.45) is 8.45. The molecule has 4 aromatic rings. The second-order valence-corrected chi connectivity index (χ2v) is 12.3. The van der Waals surface area contributed by atoms with Crippen molar-refractivity contribution in [2.24, 2.45) is 5.92 Å². The van der Waals surface area contributed by atoms with Crippen molar-refractivity contribution in [1.29, 1.82) is 5.26 Å². The summed E-state index contributed by atoms with van der Waals surface area (Å²) in [6, 6.07) is 7.47. The van der Waals surface area contributed by atoms with Crippen molar-refractivity contribution in [1.82, 2.24) is 19.9 Å². The molecule has 0 aliphatic carbocycles. The molecule has 1 N–H and O–H groups in total. The normalized spacial score (nSPS) is 23.3. The van der Waals surface area contributed by atoms with Crippen LogP contribution < -0.4 is 9.64 Å². The summed E-state index contributed by atoms with van der Waals surface area (Å²) in [5.74, 6) is 0.913. The molecule has 1 unspecified atom stereocenters. The second-order valence-electron chi connectivity index (χ2n) is 12.3. The fraction of sp³-hybridized carbons (Fsp3) is 0.412. The van der Waals surface area contributed by atoms with Crippen molar-refractivity contribution in [3.8, 4) is 41.4 Å². The van der Waals surface area contributed by atoms with Gasteiger partial charge < -0.3 is 19.5 Å². The first-order chi connectivity index (χ1) is 22.3. The number of nitrogens with zero attached hydrogens (tertiary/aromatic N) is 6. The lowest BCUT2D eigenvalue weighted by Gasteiger charge is -2.31. The predicted octanol–water partition coefficient (Wildman–Crippen LogP) is 5.13. The van der Waals surface area contributed by atoms with E-state index in [1.807, 2.05) is 4.90 Å². The van der Waals surface area contributed by atoms with E-state index in [4.69, 9.17) is 20.9 Å². The van der Waals surface area contributed by atoms with Crippen LogP contribution >= 0.6 is 0 Å². The molecule has 12 heteroatoms. The second kappa shape index (κ2) is 11.9. The molecular formula is C34H31F3N6O3. The van der Waals surface area contributed by atoms with Gasteiger partial charge in [0.15, 0.2) is 5.82 Å². The third-order valence-corrected chi connectivity index (χ3v) is 9.34. The summed E-state index contributed by atoms with van der Waals surface area (Å²) in [5, 5.41) is 20.8. The molecule has 3 fully saturated rings. The third-order valence-electron chi connectivity index (χ3n) is 9.34. The minimum Gasteiger partial charge on any atom is -0.508 e. The van der Waals surface area contributed by atoms with Crippen LogP contribution in [0.1, 0.15) is 31.2 Å². The highest BCUT2D eigenvalue weighted by Gasteiger charge is 2.49. The first-order valence-electron chi connectivity index (χ1n) is 15.3. The molecule has 46 heavy (non-hydrogen) atoms. The van der Waals surface area contributed by atoms with Crippen LogP contribution in [0, 0.1) is 41.2 Å². The molecule has 236 valence electrons. The van der Waals surface area contributed by atoms with E-state index >= 15 is 4.39 Å². The number of phenolic OH excluding ortho intramolecular Hbond substituents is 1. The van der Waals surface area contributed by atoms with Crippen LogP contribution in [-0.4, -0.2) is 82.7 Å². The number of pyridine rings is 1. The van der Waals surface area contributed by atoms with E-state index in [-0.39, 0.29) is 58.4 Å². The maximum Gasteiger partial charge on any atom is 0.319 e. The Kier molecular flexibility index (Phi) is 7.79. The fourth-order valence-electron chi connectivity index (χ4n) is 7.24. The number of rotatable bonds is 6. The van der Waals surface area contributed by atoms with Gasteiger partial charge in [-0.3, -0.25) is 9.88 Å². The summed E-state index contributed by atoms with van der Waals surface area (Å²) in [7, 11) is 0. The van der Waals surface area contributed by atoms with Crippen molar-refractivity contribution < 1.29 is 27.8 Å². The zero-order valence-electron chi connectivity index (χ0n) is 25.0. The molecule has 0 saturated carbocycles. The van der Waals surface area contributed by atoms with E-state index < -0.39 is 23.3 Å². The highest BCUT2D eigenvalue weighted by molar-refractivity contribution is 6.03. The van der Waals surface area contributed by atoms with Gasteiger partial charge in [-0.1, -0.05) is 12.0 Å². The van der Waals surface area contributed by atoms with E-state index in [0.717, 1.165) is 19.4 Å². The van der Waals surface area contributed by atoms with Crippen molar-refractivity contribution in [3.63, 3.8) is 0 Å². The number of aromatic nitrogens is 3. The number of phenols is 1. The van der Waals surface area contributed by atoms with Crippen molar-refractivity contribution in [2.45, 2.75) is 37.4 Å². The van der Waals surface area contributed by atoms with Gasteiger partial charge in [-0.2, -0.15) is 15.2 Å². The molecule has 2 aromatic carbocycles. The average molecular weight is 629 g/mol. The van der Waals surface area contributed by atoms with Gasteiger partial charge in [0, 0.05) is 55.5 Å². The molecule has 0 amide bonds. The topological polar surface area (TPSA) is 108 Å². The molecule has 3 aliphatic rings. The maximum atomic E-state index is 16.8. The van der Waals surface area contributed by atoms with Crippen LogP contribution in [-0.2, 0) is 4.74 Å². The van der Waals surface area contributed by atoms with Crippen LogP contribution in [0.4, 0.5) is 19.0 Å². The smallest absolute Gasteiger partial charge is 0.319 e. The molecule has 3 saturated heterocycles. The van der Waals surface area contributed by atoms with Gasteiger partial charge in [-0.05, 0) is 43.0 Å². The number of ether oxygens (including phenoxy) is 2. The highest BCUT2D eigenvalue weighted by Crippen LogP contribution is 2.42. The Morgan fingerprint density at radius 1 is 1.20 bits per heavy atom. The summed E-state index contributed by atoms with van der Waals surface area (Å²) in [6.45, 7) is 2.87. The van der Waals surface area contributed by atoms with Crippen molar-refractivity contribution in [2.75, 3.05) is 50.9 Å². The average Bonchev–Trinajstić information content (AvgIpc) is 3.46. The lowest BCUT2D eigenvalue weighted by atomic mass is 9.95. The standard InChI is InChI=1S/C34H31F3N6O3/c1-2-24-27(36)5-4-21-12-23(44)13-25(28(21)24)30-29(37)31-26(15-39-30)32(42-10-11-45-18-20(16-42)6-8-38)41-33(40-31)46-19-34-7-3-9-43(34)17-22(35)14-34/h1,4-5,12-13,15,20,22,44H,3,6-7,9-11,14,16-19H2/t20?,22-,34+/m1/s1. The highest BCUT2D eigenvalue weighted by atomic mass is 19.1. The Morgan fingerprint density at radius 2 is 2.07 bits per heavy atom. The van der Waals surface area contributed by atoms with Crippen molar-refractivity contribution in [3.05, 3.63) is 47.7 Å². The van der Waals surface area contributed by atoms with E-state index in [1.54, 1.807) is 0 Å². The van der Waals surface area contributed by atoms with E-state index in [9.17, 15) is 19.1 Å². The minimum absolute atomic E-state index is 0.0831. The number of halogens is 3. The van der Waals surface area contributed by atoms with Crippen molar-refractivity contribution >= 4 is 27.5 Å². The Morgan fingerprint density at radius 3 is 2.89 bits per heavy atom. The predicted molar refractivity (Wildman–Crippen MR) is 165 cm³/mol. The van der Waals surface area contributed by atoms with Crippen LogP contribution in [0.25, 0.3) is 32.9 Å². The minimum atomic E-state index is -0.952. The largest absolute Gasteiger partial charge is 0.508 e. The summed E-state index contributed by atoms with van der Waals surface area (Å²) in [5.41, 5.74) is -0.758. The third kappa shape index (κ3) is 5.21. The fourth-order valence-corrected chi connectivity index (χ4v) is 7.24. The molecule has 7 rings (SSSR count). The number of benzene rings is 2. The van der Waals surface area contributed by atoms with Gasteiger partial charge in [-0.25, -0.2) is 13.2 Å². The Labute approximate surface area is 263 Å². The van der Waals surface area contributed by atoms with Gasteiger partial charge >= 0.3 is 6.01 Å². The zero-order valence-corrected chi connectivity index (χ0v) is 25.0. The maximum absolute atomic E-state index is 16.8. The number of nitriles is 1. The van der Waals surface area contributed by atoms with Crippen LogP contribution in [0.2, 0.25) is 0 Å². The van der Waals surface area contributed by atoms with E-state index in [1.165, 1.54) is 30.5 Å². The first-order valence-corrected chi connectivity index (χ1v) is 15.3. The Balaban J connectivity index is 1.38. The van der Waals surface area contributed by atoms with Gasteiger partial charge in [0.1, 0.15) is 41.4 Å².